The summed E-state index contributed by atoms with van der Waals surface area (Å²) in [5, 5.41) is 2.38. The first kappa shape index (κ1) is 13.8. The highest BCUT2D eigenvalue weighted by Crippen LogP contribution is 2.08. The number of hydrogen-bond donors (Lipinski definition) is 2. The van der Waals surface area contributed by atoms with Gasteiger partial charge in [0.15, 0.2) is 0 Å². The standard InChI is InChI=1S/C9H10F2N2O.ClH/c10-6-1-2-7(8(11)5-6)9(14)13-4-3-12;/h1-2,5H,3-4,12H2,(H,13,14);1H. The van der Waals surface area contributed by atoms with Crippen LogP contribution in [0.5, 0.6) is 0 Å². The van der Waals surface area contributed by atoms with E-state index in [0.717, 1.165) is 12.1 Å². The van der Waals surface area contributed by atoms with E-state index in [-0.39, 0.29) is 31.1 Å². The molecule has 0 heterocycles. The Morgan fingerprint density at radius 1 is 1.40 bits per heavy atom. The number of amides is 1. The van der Waals surface area contributed by atoms with Crippen LogP contribution >= 0.6 is 12.4 Å². The predicted octanol–water partition coefficient (Wildman–Crippen LogP) is 1.08. The number of carbonyl (C=O) groups excluding carboxylic acids is 1. The second-order valence-corrected chi connectivity index (χ2v) is 2.67. The Balaban J connectivity index is 0.00000196. The van der Waals surface area contributed by atoms with Gasteiger partial charge in [0.25, 0.3) is 5.91 Å². The first-order chi connectivity index (χ1) is 6.65. The molecule has 0 atom stereocenters. The zero-order chi connectivity index (χ0) is 10.6. The third kappa shape index (κ3) is 3.81. The van der Waals surface area contributed by atoms with Crippen LogP contribution in [0.4, 0.5) is 8.78 Å². The van der Waals surface area contributed by atoms with Crippen molar-refractivity contribution in [3.8, 4) is 0 Å². The molecule has 0 spiro atoms. The van der Waals surface area contributed by atoms with E-state index < -0.39 is 17.5 Å². The molecule has 1 rings (SSSR count). The molecule has 1 amide bonds. The second-order valence-electron chi connectivity index (χ2n) is 2.67. The minimum absolute atomic E-state index is 0. The lowest BCUT2D eigenvalue weighted by atomic mass is 10.2. The van der Waals surface area contributed by atoms with Crippen molar-refractivity contribution in [1.29, 1.82) is 0 Å². The number of benzene rings is 1. The van der Waals surface area contributed by atoms with Crippen molar-refractivity contribution in [3.63, 3.8) is 0 Å². The lowest BCUT2D eigenvalue weighted by Crippen LogP contribution is -2.29. The molecule has 0 aliphatic rings. The van der Waals surface area contributed by atoms with E-state index >= 15 is 0 Å². The molecule has 0 unspecified atom stereocenters. The van der Waals surface area contributed by atoms with Crippen molar-refractivity contribution in [2.24, 2.45) is 5.73 Å². The number of carbonyl (C=O) groups is 1. The van der Waals surface area contributed by atoms with Gasteiger partial charge < -0.3 is 11.1 Å². The summed E-state index contributed by atoms with van der Waals surface area (Å²) in [7, 11) is 0. The molecule has 1 aromatic rings. The summed E-state index contributed by atoms with van der Waals surface area (Å²) in [5.74, 6) is -2.18. The summed E-state index contributed by atoms with van der Waals surface area (Å²) in [6.45, 7) is 0.532. The Hall–Kier alpha value is -1.20. The fourth-order valence-corrected chi connectivity index (χ4v) is 0.955. The van der Waals surface area contributed by atoms with E-state index in [9.17, 15) is 13.6 Å². The Labute approximate surface area is 92.1 Å². The van der Waals surface area contributed by atoms with Crippen LogP contribution in [0.2, 0.25) is 0 Å². The van der Waals surface area contributed by atoms with Crippen molar-refractivity contribution in [3.05, 3.63) is 35.4 Å². The van der Waals surface area contributed by atoms with Crippen LogP contribution in [0.15, 0.2) is 18.2 Å². The third-order valence-corrected chi connectivity index (χ3v) is 1.61. The van der Waals surface area contributed by atoms with Gasteiger partial charge in [0, 0.05) is 19.2 Å². The molecule has 6 heteroatoms. The molecule has 0 saturated carbocycles. The maximum absolute atomic E-state index is 13.0. The fourth-order valence-electron chi connectivity index (χ4n) is 0.955. The van der Waals surface area contributed by atoms with E-state index in [0.29, 0.717) is 6.07 Å². The first-order valence-electron chi connectivity index (χ1n) is 4.08. The first-order valence-corrected chi connectivity index (χ1v) is 4.08. The van der Waals surface area contributed by atoms with Crippen molar-refractivity contribution in [1.82, 2.24) is 5.32 Å². The summed E-state index contributed by atoms with van der Waals surface area (Å²) in [6.07, 6.45) is 0. The molecule has 0 radical (unpaired) electrons. The Bertz CT molecular complexity index is 347. The van der Waals surface area contributed by atoms with Crippen LogP contribution in [0.3, 0.4) is 0 Å². The van der Waals surface area contributed by atoms with Crippen molar-refractivity contribution in [2.75, 3.05) is 13.1 Å². The maximum atomic E-state index is 13.0. The number of hydrogen-bond acceptors (Lipinski definition) is 2. The Morgan fingerprint density at radius 2 is 2.07 bits per heavy atom. The SMILES string of the molecule is Cl.NCCNC(=O)c1ccc(F)cc1F. The monoisotopic (exact) mass is 236 g/mol. The van der Waals surface area contributed by atoms with Gasteiger partial charge in [-0.25, -0.2) is 8.78 Å². The van der Waals surface area contributed by atoms with Gasteiger partial charge in [-0.2, -0.15) is 0 Å². The molecule has 1 aromatic carbocycles. The van der Waals surface area contributed by atoms with Crippen LogP contribution in [-0.4, -0.2) is 19.0 Å². The van der Waals surface area contributed by atoms with Crippen LogP contribution < -0.4 is 11.1 Å². The summed E-state index contributed by atoms with van der Waals surface area (Å²) in [6, 6.07) is 2.79. The third-order valence-electron chi connectivity index (χ3n) is 1.61. The Kier molecular flexibility index (Phi) is 5.81. The van der Waals surface area contributed by atoms with Crippen LogP contribution in [-0.2, 0) is 0 Å². The topological polar surface area (TPSA) is 55.1 Å². The number of halogens is 3. The van der Waals surface area contributed by atoms with Crippen molar-refractivity contribution in [2.45, 2.75) is 0 Å². The van der Waals surface area contributed by atoms with E-state index in [1.165, 1.54) is 0 Å². The van der Waals surface area contributed by atoms with Crippen molar-refractivity contribution < 1.29 is 13.6 Å². The highest BCUT2D eigenvalue weighted by Gasteiger charge is 2.10. The molecule has 0 bridgehead atoms. The van der Waals surface area contributed by atoms with Gasteiger partial charge in [0.1, 0.15) is 11.6 Å². The molecule has 3 N–H and O–H groups in total. The smallest absolute Gasteiger partial charge is 0.254 e. The second kappa shape index (κ2) is 6.31. The van der Waals surface area contributed by atoms with Crippen LogP contribution in [0, 0.1) is 11.6 Å². The van der Waals surface area contributed by atoms with Gasteiger partial charge in [-0.3, -0.25) is 4.79 Å². The van der Waals surface area contributed by atoms with Gasteiger partial charge in [-0.05, 0) is 12.1 Å². The molecule has 15 heavy (non-hydrogen) atoms. The van der Waals surface area contributed by atoms with Gasteiger partial charge in [-0.15, -0.1) is 12.4 Å². The van der Waals surface area contributed by atoms with Crippen LogP contribution in [0.25, 0.3) is 0 Å². The lowest BCUT2D eigenvalue weighted by Gasteiger charge is -2.04. The summed E-state index contributed by atoms with van der Waals surface area (Å²) in [5.41, 5.74) is 4.97. The molecular weight excluding hydrogens is 226 g/mol. The van der Waals surface area contributed by atoms with E-state index in [2.05, 4.69) is 5.32 Å². The molecule has 3 nitrogen and oxygen atoms in total. The largest absolute Gasteiger partial charge is 0.351 e. The highest BCUT2D eigenvalue weighted by atomic mass is 35.5. The molecule has 0 fully saturated rings. The zero-order valence-corrected chi connectivity index (χ0v) is 8.61. The summed E-state index contributed by atoms with van der Waals surface area (Å²) < 4.78 is 25.5. The molecule has 0 aromatic heterocycles. The summed E-state index contributed by atoms with van der Waals surface area (Å²) in [4.78, 5) is 11.2. The average molecular weight is 237 g/mol. The molecule has 0 aliphatic heterocycles. The lowest BCUT2D eigenvalue weighted by molar-refractivity contribution is 0.0950. The molecule has 84 valence electrons. The Morgan fingerprint density at radius 3 is 2.60 bits per heavy atom. The average Bonchev–Trinajstić information content (AvgIpc) is 2.14. The fraction of sp³-hybridized carbons (Fsp3) is 0.222. The van der Waals surface area contributed by atoms with Crippen molar-refractivity contribution >= 4 is 18.3 Å². The molecular formula is C9H11ClF2N2O. The zero-order valence-electron chi connectivity index (χ0n) is 7.80. The quantitative estimate of drug-likeness (QED) is 0.825. The van der Waals surface area contributed by atoms with Gasteiger partial charge in [0.05, 0.1) is 5.56 Å². The normalized spacial score (nSPS) is 9.27. The number of nitrogens with two attached hydrogens (primary N) is 1. The predicted molar refractivity (Wildman–Crippen MR) is 55.0 cm³/mol. The molecule has 0 aliphatic carbocycles. The molecule has 0 saturated heterocycles. The van der Waals surface area contributed by atoms with E-state index in [4.69, 9.17) is 5.73 Å². The number of nitrogens with one attached hydrogen (secondary N) is 1. The minimum Gasteiger partial charge on any atom is -0.351 e. The van der Waals surface area contributed by atoms with Gasteiger partial charge >= 0.3 is 0 Å². The van der Waals surface area contributed by atoms with Gasteiger partial charge in [0.2, 0.25) is 0 Å². The minimum atomic E-state index is -0.875. The van der Waals surface area contributed by atoms with E-state index in [1.807, 2.05) is 0 Å². The highest BCUT2D eigenvalue weighted by molar-refractivity contribution is 5.94. The van der Waals surface area contributed by atoms with Crippen LogP contribution in [0.1, 0.15) is 10.4 Å². The maximum Gasteiger partial charge on any atom is 0.254 e. The van der Waals surface area contributed by atoms with E-state index in [1.54, 1.807) is 0 Å². The summed E-state index contributed by atoms with van der Waals surface area (Å²) >= 11 is 0. The number of rotatable bonds is 3. The van der Waals surface area contributed by atoms with Gasteiger partial charge in [-0.1, -0.05) is 0 Å².